The van der Waals surface area contributed by atoms with Gasteiger partial charge in [-0.2, -0.15) is 0 Å². The third-order valence-corrected chi connectivity index (χ3v) is 8.18. The zero-order valence-electron chi connectivity index (χ0n) is 23.4. The summed E-state index contributed by atoms with van der Waals surface area (Å²) in [5, 5.41) is 16.8. The molecule has 41 heavy (non-hydrogen) atoms. The molecule has 0 spiro atoms. The molecule has 9 nitrogen and oxygen atoms in total. The Bertz CT molecular complexity index is 1690. The van der Waals surface area contributed by atoms with E-state index < -0.39 is 35.5 Å². The number of fused-ring (bicyclic) bond motifs is 4. The molecule has 3 unspecified atom stereocenters. The summed E-state index contributed by atoms with van der Waals surface area (Å²) in [6, 6.07) is 9.82. The summed E-state index contributed by atoms with van der Waals surface area (Å²) in [7, 11) is 0. The van der Waals surface area contributed by atoms with Gasteiger partial charge in [-0.05, 0) is 49.3 Å². The van der Waals surface area contributed by atoms with Crippen LogP contribution in [0.15, 0.2) is 56.1 Å². The van der Waals surface area contributed by atoms with Crippen molar-refractivity contribution in [2.75, 3.05) is 0 Å². The lowest BCUT2D eigenvalue weighted by molar-refractivity contribution is -0.142. The number of carbonyl (C=O) groups excluding carboxylic acids is 2. The molecule has 0 bridgehead atoms. The van der Waals surface area contributed by atoms with Crippen LogP contribution in [-0.4, -0.2) is 28.9 Å². The van der Waals surface area contributed by atoms with Crippen molar-refractivity contribution in [3.8, 4) is 0 Å². The van der Waals surface area contributed by atoms with Gasteiger partial charge < -0.3 is 24.6 Å². The normalized spacial score (nSPS) is 15.2. The molecule has 0 saturated carbocycles. The largest absolute Gasteiger partial charge is 0.479 e. The quantitative estimate of drug-likeness (QED) is 0.252. The molecular weight excluding hydrogens is 524 g/mol. The molecule has 214 valence electrons. The van der Waals surface area contributed by atoms with Crippen molar-refractivity contribution < 1.29 is 28.3 Å². The Kier molecular flexibility index (Phi) is 7.97. The minimum absolute atomic E-state index is 0.211. The molecule has 0 radical (unpaired) electrons. The van der Waals surface area contributed by atoms with Gasteiger partial charge in [-0.15, -0.1) is 0 Å². The summed E-state index contributed by atoms with van der Waals surface area (Å²) in [5.41, 5.74) is 2.92. The van der Waals surface area contributed by atoms with Gasteiger partial charge in [0.15, 0.2) is 6.04 Å². The first-order valence-electron chi connectivity index (χ1n) is 14.1. The summed E-state index contributed by atoms with van der Waals surface area (Å²) in [4.78, 5) is 51.4. The fourth-order valence-electron chi connectivity index (χ4n) is 5.60. The van der Waals surface area contributed by atoms with Gasteiger partial charge in [-0.25, -0.2) is 9.59 Å². The Morgan fingerprint density at radius 2 is 1.68 bits per heavy atom. The van der Waals surface area contributed by atoms with Crippen LogP contribution in [0.2, 0.25) is 0 Å². The number of hydrogen-bond donors (Lipinski definition) is 3. The second-order valence-corrected chi connectivity index (χ2v) is 10.8. The van der Waals surface area contributed by atoms with E-state index in [1.54, 1.807) is 50.2 Å². The first kappa shape index (κ1) is 28.1. The third kappa shape index (κ3) is 5.62. The number of carboxylic acid groups (broad SMARTS) is 1. The van der Waals surface area contributed by atoms with Crippen LogP contribution >= 0.6 is 0 Å². The van der Waals surface area contributed by atoms with Crippen molar-refractivity contribution in [1.82, 2.24) is 10.6 Å². The minimum Gasteiger partial charge on any atom is -0.479 e. The molecule has 0 fully saturated rings. The predicted octanol–water partition coefficient (Wildman–Crippen LogP) is 4.74. The molecule has 9 heteroatoms. The van der Waals surface area contributed by atoms with Crippen LogP contribution < -0.4 is 16.3 Å². The smallest absolute Gasteiger partial charge is 0.340 e. The summed E-state index contributed by atoms with van der Waals surface area (Å²) in [5.74, 6) is -1.67. The summed E-state index contributed by atoms with van der Waals surface area (Å²) >= 11 is 0. The van der Waals surface area contributed by atoms with E-state index in [-0.39, 0.29) is 17.9 Å². The maximum Gasteiger partial charge on any atom is 0.340 e. The fourth-order valence-corrected chi connectivity index (χ4v) is 5.60. The van der Waals surface area contributed by atoms with Gasteiger partial charge in [0.1, 0.15) is 23.0 Å². The van der Waals surface area contributed by atoms with Crippen LogP contribution in [0.3, 0.4) is 0 Å². The van der Waals surface area contributed by atoms with Gasteiger partial charge in [0.25, 0.3) is 0 Å². The number of hydrogen-bond acceptors (Lipinski definition) is 6. The van der Waals surface area contributed by atoms with E-state index in [1.165, 1.54) is 5.56 Å². The summed E-state index contributed by atoms with van der Waals surface area (Å²) in [6.07, 6.45) is 4.27. The first-order valence-corrected chi connectivity index (χ1v) is 14.1. The number of aliphatic carboxylic acids is 1. The van der Waals surface area contributed by atoms with Crippen LogP contribution in [0.1, 0.15) is 67.2 Å². The molecule has 2 aromatic carbocycles. The second-order valence-electron chi connectivity index (χ2n) is 10.8. The van der Waals surface area contributed by atoms with Gasteiger partial charge >= 0.3 is 11.6 Å². The van der Waals surface area contributed by atoms with E-state index >= 15 is 0 Å². The van der Waals surface area contributed by atoms with Crippen molar-refractivity contribution in [2.45, 2.75) is 71.4 Å². The lowest BCUT2D eigenvalue weighted by Crippen LogP contribution is -2.52. The Labute approximate surface area is 236 Å². The van der Waals surface area contributed by atoms with E-state index in [9.17, 15) is 24.3 Å². The van der Waals surface area contributed by atoms with Gasteiger partial charge in [0.2, 0.25) is 11.8 Å². The Morgan fingerprint density at radius 3 is 2.39 bits per heavy atom. The number of rotatable bonds is 9. The van der Waals surface area contributed by atoms with Crippen molar-refractivity contribution in [3.05, 3.63) is 80.9 Å². The molecule has 5 rings (SSSR count). The molecule has 0 aliphatic heterocycles. The molecule has 3 atom stereocenters. The van der Waals surface area contributed by atoms with E-state index in [0.29, 0.717) is 28.7 Å². The average Bonchev–Trinajstić information content (AvgIpc) is 3.33. The number of furan rings is 1. The molecule has 1 aliphatic carbocycles. The maximum atomic E-state index is 13.3. The lowest BCUT2D eigenvalue weighted by Gasteiger charge is -2.25. The maximum absolute atomic E-state index is 13.3. The number of nitrogens with one attached hydrogen (secondary N) is 2. The average molecular weight is 559 g/mol. The highest BCUT2D eigenvalue weighted by Crippen LogP contribution is 2.35. The highest BCUT2D eigenvalue weighted by atomic mass is 16.4. The molecule has 2 heterocycles. The van der Waals surface area contributed by atoms with Crippen molar-refractivity contribution in [2.24, 2.45) is 5.92 Å². The summed E-state index contributed by atoms with van der Waals surface area (Å²) in [6.45, 7) is 5.46. The molecule has 0 saturated heterocycles. The number of benzene rings is 2. The van der Waals surface area contributed by atoms with E-state index in [4.69, 9.17) is 8.83 Å². The zero-order valence-corrected chi connectivity index (χ0v) is 23.4. The Morgan fingerprint density at radius 1 is 0.976 bits per heavy atom. The summed E-state index contributed by atoms with van der Waals surface area (Å²) < 4.78 is 11.7. The van der Waals surface area contributed by atoms with E-state index in [0.717, 1.165) is 42.2 Å². The molecule has 2 aromatic heterocycles. The Hall–Kier alpha value is -4.40. The number of aryl methyl sites for hydroxylation is 3. The zero-order chi connectivity index (χ0) is 29.3. The highest BCUT2D eigenvalue weighted by molar-refractivity contribution is 5.97. The molecular formula is C32H34N2O7. The molecule has 4 aromatic rings. The highest BCUT2D eigenvalue weighted by Gasteiger charge is 2.31. The third-order valence-electron chi connectivity index (χ3n) is 8.18. The van der Waals surface area contributed by atoms with Gasteiger partial charge in [0, 0.05) is 28.8 Å². The monoisotopic (exact) mass is 558 g/mol. The van der Waals surface area contributed by atoms with Crippen LogP contribution in [0, 0.1) is 12.8 Å². The standard InChI is InChI=1S/C32H34N2O7/c1-4-17(2)28(30(36)34-29(31(37)38)19-10-6-5-7-11-19)33-27(35)15-22-18(3)21-14-23-20-12-8-9-13-24(20)40-26(23)16-25(21)41-32(22)39/h5-7,10-11,14,16-17,28-29H,4,8-9,12-13,15H2,1-3H3,(H,33,35)(H,34,36)(H,37,38). The van der Waals surface area contributed by atoms with Crippen LogP contribution in [0.4, 0.5) is 0 Å². The van der Waals surface area contributed by atoms with Crippen LogP contribution in [0.5, 0.6) is 0 Å². The van der Waals surface area contributed by atoms with Gasteiger partial charge in [-0.3, -0.25) is 9.59 Å². The van der Waals surface area contributed by atoms with E-state index in [1.807, 2.05) is 13.0 Å². The van der Waals surface area contributed by atoms with Gasteiger partial charge in [-0.1, -0.05) is 50.6 Å². The van der Waals surface area contributed by atoms with Crippen molar-refractivity contribution >= 4 is 39.7 Å². The van der Waals surface area contributed by atoms with Gasteiger partial charge in [0.05, 0.1) is 12.0 Å². The SMILES string of the molecule is CCC(C)C(NC(=O)Cc1c(C)c2cc3c4c(oc3cc2oc1=O)CCCC4)C(=O)NC(C(=O)O)c1ccccc1. The van der Waals surface area contributed by atoms with Crippen LogP contribution in [-0.2, 0) is 33.6 Å². The second kappa shape index (κ2) is 11.6. The molecule has 1 aliphatic rings. The predicted molar refractivity (Wildman–Crippen MR) is 154 cm³/mol. The van der Waals surface area contributed by atoms with Crippen molar-refractivity contribution in [3.63, 3.8) is 0 Å². The first-order chi connectivity index (χ1) is 19.7. The minimum atomic E-state index is -1.27. The number of carbonyl (C=O) groups is 3. The number of amides is 2. The van der Waals surface area contributed by atoms with Crippen molar-refractivity contribution in [1.29, 1.82) is 0 Å². The molecule has 3 N–H and O–H groups in total. The Balaban J connectivity index is 1.40. The van der Waals surface area contributed by atoms with E-state index in [2.05, 4.69) is 10.6 Å². The topological polar surface area (TPSA) is 139 Å². The molecule has 2 amide bonds. The lowest BCUT2D eigenvalue weighted by atomic mass is 9.94. The van der Waals surface area contributed by atoms with Crippen LogP contribution in [0.25, 0.3) is 21.9 Å². The number of carboxylic acids is 1. The fraction of sp³-hybridized carbons (Fsp3) is 0.375.